The molecule has 0 saturated carbocycles. The number of rotatable bonds is 1. The highest BCUT2D eigenvalue weighted by molar-refractivity contribution is 5.77. The largest absolute Gasteiger partial charge is 0.469 e. The first-order chi connectivity index (χ1) is 9.26. The molecule has 1 aliphatic rings. The molecule has 0 N–H and O–H groups in total. The molecule has 1 heterocycles. The summed E-state index contributed by atoms with van der Waals surface area (Å²) in [6.07, 6.45) is 5.11. The lowest BCUT2D eigenvalue weighted by atomic mass is 9.97. The van der Waals surface area contributed by atoms with Gasteiger partial charge in [-0.05, 0) is 40.5 Å². The van der Waals surface area contributed by atoms with Gasteiger partial charge in [-0.1, -0.05) is 12.2 Å². The number of carbonyl (C=O) groups is 2. The summed E-state index contributed by atoms with van der Waals surface area (Å²) in [6, 6.07) is -0.283. The Labute approximate surface area is 120 Å². The zero-order valence-electron chi connectivity index (χ0n) is 13.0. The van der Waals surface area contributed by atoms with Gasteiger partial charge in [-0.3, -0.25) is 4.79 Å². The second kappa shape index (κ2) is 6.77. The van der Waals surface area contributed by atoms with Crippen LogP contribution in [0.3, 0.4) is 0 Å². The summed E-state index contributed by atoms with van der Waals surface area (Å²) in [6.45, 7) is 7.92. The molecular weight excluding hydrogens is 258 g/mol. The number of nitrogens with zero attached hydrogens (tertiary/aromatic N) is 1. The van der Waals surface area contributed by atoms with Crippen LogP contribution in [0.2, 0.25) is 0 Å². The summed E-state index contributed by atoms with van der Waals surface area (Å²) in [4.78, 5) is 25.7. The molecule has 0 aromatic heterocycles. The molecule has 0 aliphatic carbocycles. The number of hydrogen-bond donors (Lipinski definition) is 0. The van der Waals surface area contributed by atoms with Crippen LogP contribution in [-0.2, 0) is 14.3 Å². The highest BCUT2D eigenvalue weighted by atomic mass is 16.6. The Hall–Kier alpha value is -1.52. The fraction of sp³-hybridized carbons (Fsp3) is 0.733. The van der Waals surface area contributed by atoms with Gasteiger partial charge in [0.05, 0.1) is 13.0 Å². The standard InChI is InChI=1S/C15H25NO4/c1-11-12(13(17)19-5)9-7-6-8-10-16(11)14(18)20-15(2,3)4/h7,9,11-12H,6,8,10H2,1-5H3/b9-7-/t11-,12+/m0/s1. The van der Waals surface area contributed by atoms with E-state index in [0.717, 1.165) is 12.8 Å². The van der Waals surface area contributed by atoms with Gasteiger partial charge in [-0.15, -0.1) is 0 Å². The van der Waals surface area contributed by atoms with Crippen molar-refractivity contribution in [3.63, 3.8) is 0 Å². The lowest BCUT2D eigenvalue weighted by Gasteiger charge is -2.35. The second-order valence-corrected chi connectivity index (χ2v) is 6.03. The number of carbonyl (C=O) groups excluding carboxylic acids is 2. The molecule has 0 aromatic carbocycles. The summed E-state index contributed by atoms with van der Waals surface area (Å²) in [7, 11) is 1.36. The van der Waals surface area contributed by atoms with Gasteiger partial charge in [0, 0.05) is 12.6 Å². The van der Waals surface area contributed by atoms with E-state index in [1.807, 2.05) is 39.8 Å². The van der Waals surface area contributed by atoms with Crippen molar-refractivity contribution < 1.29 is 19.1 Å². The fourth-order valence-electron chi connectivity index (χ4n) is 2.17. The maximum atomic E-state index is 12.3. The summed E-state index contributed by atoms with van der Waals surface area (Å²) in [5, 5.41) is 0. The molecule has 1 amide bonds. The predicted octanol–water partition coefficient (Wildman–Crippen LogP) is 2.75. The van der Waals surface area contributed by atoms with Crippen LogP contribution in [-0.4, -0.2) is 42.3 Å². The van der Waals surface area contributed by atoms with Crippen molar-refractivity contribution in [1.82, 2.24) is 4.90 Å². The van der Waals surface area contributed by atoms with Gasteiger partial charge < -0.3 is 14.4 Å². The molecule has 20 heavy (non-hydrogen) atoms. The Kier molecular flexibility index (Phi) is 5.60. The van der Waals surface area contributed by atoms with Crippen LogP contribution < -0.4 is 0 Å². The van der Waals surface area contributed by atoms with Gasteiger partial charge in [-0.2, -0.15) is 0 Å². The van der Waals surface area contributed by atoms with Gasteiger partial charge in [0.15, 0.2) is 0 Å². The molecule has 0 aromatic rings. The lowest BCUT2D eigenvalue weighted by molar-refractivity contribution is -0.145. The van der Waals surface area contributed by atoms with E-state index < -0.39 is 11.5 Å². The number of ether oxygens (including phenoxy) is 2. The van der Waals surface area contributed by atoms with Gasteiger partial charge in [0.1, 0.15) is 5.60 Å². The molecule has 5 nitrogen and oxygen atoms in total. The van der Waals surface area contributed by atoms with Crippen LogP contribution in [0.1, 0.15) is 40.5 Å². The molecule has 1 rings (SSSR count). The van der Waals surface area contributed by atoms with Crippen molar-refractivity contribution in [3.8, 4) is 0 Å². The third-order valence-corrected chi connectivity index (χ3v) is 3.23. The molecule has 2 atom stereocenters. The highest BCUT2D eigenvalue weighted by Crippen LogP contribution is 2.21. The van der Waals surface area contributed by atoms with Gasteiger partial charge >= 0.3 is 12.1 Å². The SMILES string of the molecule is COC(=O)[C@@H]1/C=C\CCCN(C(=O)OC(C)(C)C)[C@H]1C. The number of esters is 1. The lowest BCUT2D eigenvalue weighted by Crippen LogP contribution is -2.47. The van der Waals surface area contributed by atoms with Crippen LogP contribution in [0.25, 0.3) is 0 Å². The van der Waals surface area contributed by atoms with Crippen LogP contribution in [0.5, 0.6) is 0 Å². The van der Waals surface area contributed by atoms with E-state index in [1.165, 1.54) is 7.11 Å². The Morgan fingerprint density at radius 3 is 2.50 bits per heavy atom. The van der Waals surface area contributed by atoms with Crippen LogP contribution in [0.4, 0.5) is 4.79 Å². The zero-order chi connectivity index (χ0) is 15.3. The summed E-state index contributed by atoms with van der Waals surface area (Å²) >= 11 is 0. The first-order valence-electron chi connectivity index (χ1n) is 7.00. The summed E-state index contributed by atoms with van der Waals surface area (Å²) < 4.78 is 10.2. The van der Waals surface area contributed by atoms with E-state index >= 15 is 0 Å². The normalized spacial score (nSPS) is 25.4. The Balaban J connectivity index is 2.90. The van der Waals surface area contributed by atoms with E-state index in [9.17, 15) is 9.59 Å². The van der Waals surface area contributed by atoms with E-state index in [4.69, 9.17) is 9.47 Å². The molecule has 1 aliphatic heterocycles. The predicted molar refractivity (Wildman–Crippen MR) is 76.3 cm³/mol. The van der Waals surface area contributed by atoms with Crippen molar-refractivity contribution in [3.05, 3.63) is 12.2 Å². The number of methoxy groups -OCH3 is 1. The smallest absolute Gasteiger partial charge is 0.410 e. The minimum absolute atomic E-state index is 0.283. The maximum absolute atomic E-state index is 12.3. The van der Waals surface area contributed by atoms with Crippen molar-refractivity contribution in [2.75, 3.05) is 13.7 Å². The first kappa shape index (κ1) is 16.5. The Morgan fingerprint density at radius 1 is 1.30 bits per heavy atom. The van der Waals surface area contributed by atoms with E-state index in [0.29, 0.717) is 6.54 Å². The highest BCUT2D eigenvalue weighted by Gasteiger charge is 2.33. The van der Waals surface area contributed by atoms with Crippen molar-refractivity contribution in [2.45, 2.75) is 52.2 Å². The molecule has 0 bridgehead atoms. The topological polar surface area (TPSA) is 55.8 Å². The van der Waals surface area contributed by atoms with Crippen LogP contribution in [0.15, 0.2) is 12.2 Å². The zero-order valence-corrected chi connectivity index (χ0v) is 13.0. The third kappa shape index (κ3) is 4.54. The maximum Gasteiger partial charge on any atom is 0.410 e. The van der Waals surface area contributed by atoms with Gasteiger partial charge in [0.2, 0.25) is 0 Å². The van der Waals surface area contributed by atoms with Crippen molar-refractivity contribution in [2.24, 2.45) is 5.92 Å². The second-order valence-electron chi connectivity index (χ2n) is 6.03. The molecule has 0 spiro atoms. The van der Waals surface area contributed by atoms with E-state index in [2.05, 4.69) is 0 Å². The van der Waals surface area contributed by atoms with Crippen LogP contribution >= 0.6 is 0 Å². The third-order valence-electron chi connectivity index (χ3n) is 3.23. The monoisotopic (exact) mass is 283 g/mol. The van der Waals surface area contributed by atoms with E-state index in [-0.39, 0.29) is 18.1 Å². The van der Waals surface area contributed by atoms with Crippen LogP contribution in [0, 0.1) is 5.92 Å². The molecular formula is C15H25NO4. The van der Waals surface area contributed by atoms with Crippen molar-refractivity contribution >= 4 is 12.1 Å². The van der Waals surface area contributed by atoms with E-state index in [1.54, 1.807) is 4.90 Å². The quantitative estimate of drug-likeness (QED) is 0.548. The number of hydrogen-bond acceptors (Lipinski definition) is 4. The molecule has 0 radical (unpaired) electrons. The minimum Gasteiger partial charge on any atom is -0.469 e. The van der Waals surface area contributed by atoms with Gasteiger partial charge in [-0.25, -0.2) is 4.79 Å². The number of amides is 1. The molecule has 0 unspecified atom stereocenters. The molecule has 0 fully saturated rings. The number of allylic oxidation sites excluding steroid dienone is 1. The Bertz CT molecular complexity index is 384. The minimum atomic E-state index is -0.546. The summed E-state index contributed by atoms with van der Waals surface area (Å²) in [5.41, 5.74) is -0.546. The molecule has 0 saturated heterocycles. The molecule has 114 valence electrons. The summed E-state index contributed by atoms with van der Waals surface area (Å²) in [5.74, 6) is -0.781. The Morgan fingerprint density at radius 2 is 1.95 bits per heavy atom. The fourth-order valence-corrected chi connectivity index (χ4v) is 2.17. The average Bonchev–Trinajstić information content (AvgIpc) is 2.31. The van der Waals surface area contributed by atoms with Gasteiger partial charge in [0.25, 0.3) is 0 Å². The van der Waals surface area contributed by atoms with Crippen molar-refractivity contribution in [1.29, 1.82) is 0 Å². The first-order valence-corrected chi connectivity index (χ1v) is 7.00. The molecule has 5 heteroatoms. The average molecular weight is 283 g/mol.